The molecule has 1 aliphatic heterocycles. The van der Waals surface area contributed by atoms with Crippen LogP contribution in [0, 0.1) is 0 Å². The van der Waals surface area contributed by atoms with Gasteiger partial charge in [-0.05, 0) is 42.5 Å². The number of benzene rings is 1. The second-order valence-electron chi connectivity index (χ2n) is 6.79. The van der Waals surface area contributed by atoms with Crippen molar-refractivity contribution >= 4 is 38.8 Å². The highest BCUT2D eigenvalue weighted by atomic mass is 35.5. The number of thiophene rings is 1. The summed E-state index contributed by atoms with van der Waals surface area (Å²) >= 11 is 6.97. The molecule has 3 heterocycles. The lowest BCUT2D eigenvalue weighted by atomic mass is 10.1. The molecule has 31 heavy (non-hydrogen) atoms. The lowest BCUT2D eigenvalue weighted by Gasteiger charge is -2.34. The zero-order valence-electron chi connectivity index (χ0n) is 17.0. The van der Waals surface area contributed by atoms with E-state index < -0.39 is 10.0 Å². The van der Waals surface area contributed by atoms with E-state index in [0.29, 0.717) is 53.5 Å². The molecule has 11 heteroatoms. The second-order valence-corrected chi connectivity index (χ2v) is 10.7. The van der Waals surface area contributed by atoms with Crippen molar-refractivity contribution in [3.05, 3.63) is 46.8 Å². The first-order valence-electron chi connectivity index (χ1n) is 9.49. The standard InChI is InChI=1S/C20H21ClN4O4S2/c1-28-14-3-5-17(29-2)15(13-14)16-4-7-19(23-22-16)24-9-11-25(12-10-24)31(26,27)20-8-6-18(21)30-20/h3-8,13H,9-12H2,1-2H3. The predicted molar refractivity (Wildman–Crippen MR) is 121 cm³/mol. The predicted octanol–water partition coefficient (Wildman–Crippen LogP) is 3.39. The number of sulfonamides is 1. The van der Waals surface area contributed by atoms with Crippen LogP contribution in [-0.4, -0.2) is 63.3 Å². The molecular weight excluding hydrogens is 460 g/mol. The van der Waals surface area contributed by atoms with Gasteiger partial charge < -0.3 is 14.4 Å². The molecule has 0 aliphatic carbocycles. The maximum absolute atomic E-state index is 12.8. The minimum Gasteiger partial charge on any atom is -0.497 e. The molecule has 1 saturated heterocycles. The number of halogens is 1. The van der Waals surface area contributed by atoms with Crippen molar-refractivity contribution in [2.45, 2.75) is 4.21 Å². The molecule has 4 rings (SSSR count). The van der Waals surface area contributed by atoms with Crippen LogP contribution in [0.4, 0.5) is 5.82 Å². The van der Waals surface area contributed by atoms with E-state index in [1.54, 1.807) is 26.4 Å². The van der Waals surface area contributed by atoms with E-state index in [-0.39, 0.29) is 4.21 Å². The fourth-order valence-electron chi connectivity index (χ4n) is 3.37. The van der Waals surface area contributed by atoms with E-state index in [9.17, 15) is 8.42 Å². The Morgan fingerprint density at radius 3 is 2.32 bits per heavy atom. The van der Waals surface area contributed by atoms with Gasteiger partial charge in [0.15, 0.2) is 5.82 Å². The highest BCUT2D eigenvalue weighted by Gasteiger charge is 2.30. The molecule has 0 unspecified atom stereocenters. The summed E-state index contributed by atoms with van der Waals surface area (Å²) in [5.41, 5.74) is 1.45. The van der Waals surface area contributed by atoms with Crippen molar-refractivity contribution in [2.75, 3.05) is 45.3 Å². The highest BCUT2D eigenvalue weighted by molar-refractivity contribution is 7.91. The molecule has 1 aromatic carbocycles. The number of anilines is 1. The third-order valence-corrected chi connectivity index (χ3v) is 8.64. The Hall–Kier alpha value is -2.40. The summed E-state index contributed by atoms with van der Waals surface area (Å²) in [6, 6.07) is 12.4. The largest absolute Gasteiger partial charge is 0.497 e. The van der Waals surface area contributed by atoms with E-state index >= 15 is 0 Å². The molecule has 0 amide bonds. The summed E-state index contributed by atoms with van der Waals surface area (Å²) in [4.78, 5) is 2.02. The van der Waals surface area contributed by atoms with Crippen molar-refractivity contribution in [1.82, 2.24) is 14.5 Å². The molecule has 0 radical (unpaired) electrons. The SMILES string of the molecule is COc1ccc(OC)c(-c2ccc(N3CCN(S(=O)(=O)c4ccc(Cl)s4)CC3)nn2)c1. The van der Waals surface area contributed by atoms with Gasteiger partial charge in [-0.2, -0.15) is 4.31 Å². The van der Waals surface area contributed by atoms with Crippen molar-refractivity contribution in [2.24, 2.45) is 0 Å². The molecule has 8 nitrogen and oxygen atoms in total. The smallest absolute Gasteiger partial charge is 0.252 e. The molecule has 0 saturated carbocycles. The topological polar surface area (TPSA) is 84.9 Å². The fraction of sp³-hybridized carbons (Fsp3) is 0.300. The maximum atomic E-state index is 12.8. The number of nitrogens with zero attached hydrogens (tertiary/aromatic N) is 4. The van der Waals surface area contributed by atoms with Crippen LogP contribution < -0.4 is 14.4 Å². The van der Waals surface area contributed by atoms with Crippen LogP contribution in [-0.2, 0) is 10.0 Å². The lowest BCUT2D eigenvalue weighted by molar-refractivity contribution is 0.384. The minimum absolute atomic E-state index is 0.266. The summed E-state index contributed by atoms with van der Waals surface area (Å²) in [5.74, 6) is 2.07. The number of methoxy groups -OCH3 is 2. The van der Waals surface area contributed by atoms with Gasteiger partial charge in [-0.1, -0.05) is 11.6 Å². The molecule has 2 aromatic heterocycles. The molecule has 0 N–H and O–H groups in total. The maximum Gasteiger partial charge on any atom is 0.252 e. The first-order chi connectivity index (χ1) is 14.9. The average molecular weight is 481 g/mol. The van der Waals surface area contributed by atoms with Gasteiger partial charge in [0.05, 0.1) is 24.2 Å². The van der Waals surface area contributed by atoms with Crippen molar-refractivity contribution in [3.63, 3.8) is 0 Å². The van der Waals surface area contributed by atoms with E-state index in [4.69, 9.17) is 21.1 Å². The van der Waals surface area contributed by atoms with Crippen LogP contribution >= 0.6 is 22.9 Å². The average Bonchev–Trinajstić information content (AvgIpc) is 3.26. The van der Waals surface area contributed by atoms with Crippen molar-refractivity contribution < 1.29 is 17.9 Å². The minimum atomic E-state index is -3.52. The first-order valence-corrected chi connectivity index (χ1v) is 12.1. The Bertz CT molecular complexity index is 1160. The summed E-state index contributed by atoms with van der Waals surface area (Å²) in [6.45, 7) is 1.78. The normalized spacial score (nSPS) is 15.1. The van der Waals surface area contributed by atoms with Gasteiger partial charge in [0, 0.05) is 31.7 Å². The Balaban J connectivity index is 1.47. The Labute approximate surface area is 190 Å². The van der Waals surface area contributed by atoms with Gasteiger partial charge in [-0.15, -0.1) is 21.5 Å². The second kappa shape index (κ2) is 8.99. The van der Waals surface area contributed by atoms with E-state index in [1.807, 2.05) is 35.2 Å². The molecule has 164 valence electrons. The fourth-order valence-corrected chi connectivity index (χ4v) is 6.43. The van der Waals surface area contributed by atoms with E-state index in [2.05, 4.69) is 10.2 Å². The summed E-state index contributed by atoms with van der Waals surface area (Å²) in [5, 5.41) is 8.71. The van der Waals surface area contributed by atoms with Gasteiger partial charge in [0.2, 0.25) is 0 Å². The van der Waals surface area contributed by atoms with E-state index in [1.165, 1.54) is 4.31 Å². The Morgan fingerprint density at radius 1 is 0.968 bits per heavy atom. The summed E-state index contributed by atoms with van der Waals surface area (Å²) < 4.78 is 38.5. The third kappa shape index (κ3) is 4.47. The number of piperazine rings is 1. The van der Waals surface area contributed by atoms with Gasteiger partial charge in [-0.25, -0.2) is 8.42 Å². The molecule has 1 aliphatic rings. The van der Waals surface area contributed by atoms with Gasteiger partial charge in [0.1, 0.15) is 15.7 Å². The van der Waals surface area contributed by atoms with Crippen LogP contribution in [0.25, 0.3) is 11.3 Å². The zero-order valence-corrected chi connectivity index (χ0v) is 19.4. The van der Waals surface area contributed by atoms with Gasteiger partial charge in [-0.3, -0.25) is 0 Å². The molecule has 3 aromatic rings. The van der Waals surface area contributed by atoms with Crippen LogP contribution in [0.3, 0.4) is 0 Å². The molecule has 0 bridgehead atoms. The third-order valence-electron chi connectivity index (χ3n) is 5.04. The lowest BCUT2D eigenvalue weighted by Crippen LogP contribution is -2.48. The summed E-state index contributed by atoms with van der Waals surface area (Å²) in [6.07, 6.45) is 0. The number of hydrogen-bond donors (Lipinski definition) is 0. The number of aromatic nitrogens is 2. The Kier molecular flexibility index (Phi) is 6.33. The number of rotatable bonds is 6. The zero-order chi connectivity index (χ0) is 22.0. The van der Waals surface area contributed by atoms with Crippen LogP contribution in [0.2, 0.25) is 4.34 Å². The molecule has 0 atom stereocenters. The summed E-state index contributed by atoms with van der Waals surface area (Å²) in [7, 11) is -0.319. The van der Waals surface area contributed by atoms with Crippen molar-refractivity contribution in [3.8, 4) is 22.8 Å². The van der Waals surface area contributed by atoms with Crippen LogP contribution in [0.5, 0.6) is 11.5 Å². The number of hydrogen-bond acceptors (Lipinski definition) is 8. The highest BCUT2D eigenvalue weighted by Crippen LogP contribution is 2.33. The van der Waals surface area contributed by atoms with Gasteiger partial charge in [0.25, 0.3) is 10.0 Å². The quantitative estimate of drug-likeness (QED) is 0.534. The first kappa shape index (κ1) is 21.8. The van der Waals surface area contributed by atoms with Crippen molar-refractivity contribution in [1.29, 1.82) is 0 Å². The Morgan fingerprint density at radius 2 is 1.74 bits per heavy atom. The van der Waals surface area contributed by atoms with E-state index in [0.717, 1.165) is 16.9 Å². The molecular formula is C20H21ClN4O4S2. The molecule has 1 fully saturated rings. The monoisotopic (exact) mass is 480 g/mol. The number of ether oxygens (including phenoxy) is 2. The van der Waals surface area contributed by atoms with Gasteiger partial charge >= 0.3 is 0 Å². The van der Waals surface area contributed by atoms with Crippen LogP contribution in [0.1, 0.15) is 0 Å². The molecule has 0 spiro atoms. The van der Waals surface area contributed by atoms with Crippen LogP contribution in [0.15, 0.2) is 46.7 Å².